The molecule has 3 aromatic rings. The van der Waals surface area contributed by atoms with Gasteiger partial charge in [-0.15, -0.1) is 22.7 Å². The van der Waals surface area contributed by atoms with Gasteiger partial charge in [-0.1, -0.05) is 0 Å². The van der Waals surface area contributed by atoms with Gasteiger partial charge in [-0.2, -0.15) is 0 Å². The summed E-state index contributed by atoms with van der Waals surface area (Å²) in [7, 11) is 0. The van der Waals surface area contributed by atoms with E-state index in [0.29, 0.717) is 27.0 Å². The monoisotopic (exact) mass is 456 g/mol. The van der Waals surface area contributed by atoms with Crippen molar-refractivity contribution in [1.82, 2.24) is 9.97 Å². The highest BCUT2D eigenvalue weighted by atomic mass is 32.1. The second kappa shape index (κ2) is 9.36. The molecule has 4 rings (SSSR count). The highest BCUT2D eigenvalue weighted by molar-refractivity contribution is 7.17. The number of fused-ring (bicyclic) bond motifs is 1. The molecule has 0 bridgehead atoms. The maximum atomic E-state index is 13.0. The van der Waals surface area contributed by atoms with Crippen LogP contribution in [0.1, 0.15) is 56.6 Å². The third-order valence-corrected chi connectivity index (χ3v) is 6.73. The lowest BCUT2D eigenvalue weighted by Gasteiger charge is -2.12. The summed E-state index contributed by atoms with van der Waals surface area (Å²) >= 11 is 2.70. The number of thiophene rings is 1. The summed E-state index contributed by atoms with van der Waals surface area (Å²) in [5.41, 5.74) is 2.35. The molecule has 0 atom stereocenters. The number of carbonyl (C=O) groups excluding carboxylic acids is 3. The van der Waals surface area contributed by atoms with Crippen molar-refractivity contribution in [3.05, 3.63) is 57.2 Å². The van der Waals surface area contributed by atoms with Gasteiger partial charge in [0, 0.05) is 29.6 Å². The lowest BCUT2D eigenvalue weighted by Crippen LogP contribution is -2.16. The lowest BCUT2D eigenvalue weighted by molar-refractivity contribution is -0.114. The van der Waals surface area contributed by atoms with Gasteiger partial charge in [-0.05, 0) is 43.4 Å². The van der Waals surface area contributed by atoms with Gasteiger partial charge in [0.2, 0.25) is 5.91 Å². The van der Waals surface area contributed by atoms with E-state index >= 15 is 0 Å². The third-order valence-electron chi connectivity index (χ3n) is 4.71. The second-order valence-corrected chi connectivity index (χ2v) is 8.98. The van der Waals surface area contributed by atoms with Crippen LogP contribution < -0.4 is 10.6 Å². The average Bonchev–Trinajstić information content (AvgIpc) is 3.36. The molecule has 0 aliphatic heterocycles. The molecule has 0 spiro atoms. The fraction of sp³-hybridized carbons (Fsp3) is 0.286. The van der Waals surface area contributed by atoms with Crippen molar-refractivity contribution in [2.24, 2.45) is 0 Å². The lowest BCUT2D eigenvalue weighted by atomic mass is 9.95. The standard InChI is InChI=1S/C21H20N4O4S2/c1-12(26)23-21-24-14(11-30-21)10-29-20(28)17-15-6-2-3-7-16(15)31-19(17)25-18(27)13-5-4-8-22-9-13/h4-5,8-9,11H,2-3,6-7,10H2,1H3,(H,25,27)(H,23,24,26). The van der Waals surface area contributed by atoms with E-state index in [1.807, 2.05) is 0 Å². The van der Waals surface area contributed by atoms with E-state index < -0.39 is 5.97 Å². The first-order valence-corrected chi connectivity index (χ1v) is 11.5. The van der Waals surface area contributed by atoms with E-state index in [0.717, 1.165) is 36.1 Å². The van der Waals surface area contributed by atoms with Crippen LogP contribution in [0.5, 0.6) is 0 Å². The van der Waals surface area contributed by atoms with Crippen LogP contribution in [0.3, 0.4) is 0 Å². The van der Waals surface area contributed by atoms with Crippen LogP contribution in [0, 0.1) is 0 Å². The Balaban J connectivity index is 1.52. The first-order valence-electron chi connectivity index (χ1n) is 9.76. The number of hydrogen-bond acceptors (Lipinski definition) is 8. The number of aromatic nitrogens is 2. The number of anilines is 2. The largest absolute Gasteiger partial charge is 0.455 e. The molecule has 0 unspecified atom stereocenters. The summed E-state index contributed by atoms with van der Waals surface area (Å²) in [4.78, 5) is 46.1. The average molecular weight is 457 g/mol. The number of carbonyl (C=O) groups is 3. The Hall–Kier alpha value is -3.11. The van der Waals surface area contributed by atoms with Crippen molar-refractivity contribution in [3.63, 3.8) is 0 Å². The predicted molar refractivity (Wildman–Crippen MR) is 119 cm³/mol. The molecule has 0 aromatic carbocycles. The number of esters is 1. The zero-order valence-electron chi connectivity index (χ0n) is 16.8. The van der Waals surface area contributed by atoms with Crippen LogP contribution >= 0.6 is 22.7 Å². The SMILES string of the molecule is CC(=O)Nc1nc(COC(=O)c2c(NC(=O)c3cccnc3)sc3c2CCCC3)cs1. The maximum Gasteiger partial charge on any atom is 0.341 e. The predicted octanol–water partition coefficient (Wildman–Crippen LogP) is 4.05. The normalized spacial score (nSPS) is 12.7. The van der Waals surface area contributed by atoms with Crippen LogP contribution in [-0.4, -0.2) is 27.8 Å². The molecule has 3 aromatic heterocycles. The van der Waals surface area contributed by atoms with Crippen LogP contribution in [0.2, 0.25) is 0 Å². The van der Waals surface area contributed by atoms with Crippen molar-refractivity contribution in [1.29, 1.82) is 0 Å². The minimum atomic E-state index is -0.491. The molecule has 0 radical (unpaired) electrons. The summed E-state index contributed by atoms with van der Waals surface area (Å²) in [5.74, 6) is -1.02. The number of amides is 2. The number of nitrogens with one attached hydrogen (secondary N) is 2. The molecule has 0 saturated carbocycles. The number of hydrogen-bond donors (Lipinski definition) is 2. The van der Waals surface area contributed by atoms with Crippen LogP contribution in [0.25, 0.3) is 0 Å². The van der Waals surface area contributed by atoms with Gasteiger partial charge in [0.25, 0.3) is 5.91 Å². The molecular formula is C21H20N4O4S2. The number of rotatable bonds is 6. The molecular weight excluding hydrogens is 436 g/mol. The van der Waals surface area contributed by atoms with Crippen LogP contribution in [0.4, 0.5) is 10.1 Å². The summed E-state index contributed by atoms with van der Waals surface area (Å²) in [6.45, 7) is 1.39. The van der Waals surface area contributed by atoms with Crippen LogP contribution in [0.15, 0.2) is 29.9 Å². The van der Waals surface area contributed by atoms with E-state index in [-0.39, 0.29) is 18.4 Å². The fourth-order valence-electron chi connectivity index (χ4n) is 3.34. The molecule has 160 valence electrons. The van der Waals surface area contributed by atoms with E-state index in [1.54, 1.807) is 23.7 Å². The number of thiazole rings is 1. The van der Waals surface area contributed by atoms with Gasteiger partial charge in [0.1, 0.15) is 11.6 Å². The Morgan fingerprint density at radius 2 is 2.03 bits per heavy atom. The molecule has 2 amide bonds. The maximum absolute atomic E-state index is 13.0. The highest BCUT2D eigenvalue weighted by Crippen LogP contribution is 2.39. The molecule has 1 aliphatic rings. The molecule has 0 saturated heterocycles. The van der Waals surface area contributed by atoms with Gasteiger partial charge in [0.15, 0.2) is 5.13 Å². The third kappa shape index (κ3) is 4.97. The quantitative estimate of drug-likeness (QED) is 0.542. The smallest absolute Gasteiger partial charge is 0.341 e. The Morgan fingerprint density at radius 3 is 2.81 bits per heavy atom. The molecule has 8 nitrogen and oxygen atoms in total. The Morgan fingerprint density at radius 1 is 1.19 bits per heavy atom. The Labute approximate surface area is 186 Å². The molecule has 10 heteroatoms. The molecule has 3 heterocycles. The van der Waals surface area contributed by atoms with E-state index in [9.17, 15) is 14.4 Å². The summed E-state index contributed by atoms with van der Waals surface area (Å²) in [6, 6.07) is 3.36. The van der Waals surface area contributed by atoms with E-state index in [1.165, 1.54) is 35.8 Å². The van der Waals surface area contributed by atoms with E-state index in [2.05, 4.69) is 20.6 Å². The van der Waals surface area contributed by atoms with Crippen molar-refractivity contribution >= 4 is 50.6 Å². The van der Waals surface area contributed by atoms with Crippen molar-refractivity contribution < 1.29 is 19.1 Å². The molecule has 31 heavy (non-hydrogen) atoms. The van der Waals surface area contributed by atoms with Crippen LogP contribution in [-0.2, 0) is 29.0 Å². The minimum absolute atomic E-state index is 0.0183. The topological polar surface area (TPSA) is 110 Å². The first-order chi connectivity index (χ1) is 15.0. The summed E-state index contributed by atoms with van der Waals surface area (Å²) < 4.78 is 5.52. The van der Waals surface area contributed by atoms with Crippen molar-refractivity contribution in [3.8, 4) is 0 Å². The van der Waals surface area contributed by atoms with Gasteiger partial charge >= 0.3 is 5.97 Å². The zero-order valence-corrected chi connectivity index (χ0v) is 18.4. The van der Waals surface area contributed by atoms with Crippen molar-refractivity contribution in [2.45, 2.75) is 39.2 Å². The van der Waals surface area contributed by atoms with Gasteiger partial charge in [-0.3, -0.25) is 14.6 Å². The summed E-state index contributed by atoms with van der Waals surface area (Å²) in [5, 5.41) is 8.16. The number of ether oxygens (including phenoxy) is 1. The summed E-state index contributed by atoms with van der Waals surface area (Å²) in [6.07, 6.45) is 6.79. The highest BCUT2D eigenvalue weighted by Gasteiger charge is 2.28. The fourth-order valence-corrected chi connectivity index (χ4v) is 5.35. The number of nitrogens with zero attached hydrogens (tertiary/aromatic N) is 2. The van der Waals surface area contributed by atoms with Crippen molar-refractivity contribution in [2.75, 3.05) is 10.6 Å². The minimum Gasteiger partial charge on any atom is -0.455 e. The second-order valence-electron chi connectivity index (χ2n) is 7.01. The Kier molecular flexibility index (Phi) is 6.38. The number of aryl methyl sites for hydroxylation is 1. The van der Waals surface area contributed by atoms with Gasteiger partial charge in [-0.25, -0.2) is 9.78 Å². The van der Waals surface area contributed by atoms with E-state index in [4.69, 9.17) is 4.74 Å². The van der Waals surface area contributed by atoms with Gasteiger partial charge in [0.05, 0.1) is 16.8 Å². The molecule has 2 N–H and O–H groups in total. The molecule has 0 fully saturated rings. The Bertz CT molecular complexity index is 1120. The first kappa shape index (κ1) is 21.1. The van der Waals surface area contributed by atoms with Gasteiger partial charge < -0.3 is 15.4 Å². The molecule has 1 aliphatic carbocycles. The zero-order chi connectivity index (χ0) is 21.8. The number of pyridine rings is 1.